The van der Waals surface area contributed by atoms with Crippen molar-refractivity contribution in [2.75, 3.05) is 0 Å². The van der Waals surface area contributed by atoms with Crippen LogP contribution in [0.25, 0.3) is 33.5 Å². The van der Waals surface area contributed by atoms with E-state index in [4.69, 9.17) is 9.97 Å². The summed E-state index contributed by atoms with van der Waals surface area (Å²) >= 11 is 0. The molecule has 0 atom stereocenters. The summed E-state index contributed by atoms with van der Waals surface area (Å²) in [6.45, 7) is 2.10. The molecular weight excluding hydrogens is 280 g/mol. The number of fused-ring (bicyclic) bond motifs is 1. The number of aromatic nitrogens is 2. The van der Waals surface area contributed by atoms with Crippen LogP contribution in [0.3, 0.4) is 0 Å². The van der Waals surface area contributed by atoms with Gasteiger partial charge in [-0.3, -0.25) is 0 Å². The van der Waals surface area contributed by atoms with Crippen LogP contribution in [-0.2, 0) is 0 Å². The Bertz CT molecular complexity index is 975. The summed E-state index contributed by atoms with van der Waals surface area (Å²) in [5, 5.41) is 1.08. The van der Waals surface area contributed by atoms with Crippen molar-refractivity contribution in [3.8, 4) is 22.6 Å². The van der Waals surface area contributed by atoms with Gasteiger partial charge < -0.3 is 0 Å². The maximum atomic E-state index is 4.87. The molecule has 23 heavy (non-hydrogen) atoms. The SMILES string of the molecule is Cc1cccc(-c2nc(-c3ccccc3)nc3ccccc23)c1. The fourth-order valence-electron chi connectivity index (χ4n) is 2.81. The van der Waals surface area contributed by atoms with Gasteiger partial charge in [0, 0.05) is 16.5 Å². The van der Waals surface area contributed by atoms with Crippen molar-refractivity contribution in [1.29, 1.82) is 0 Å². The van der Waals surface area contributed by atoms with E-state index in [1.165, 1.54) is 5.56 Å². The van der Waals surface area contributed by atoms with Crippen LogP contribution >= 0.6 is 0 Å². The molecule has 0 fully saturated rings. The van der Waals surface area contributed by atoms with E-state index in [2.05, 4.69) is 37.3 Å². The van der Waals surface area contributed by atoms with Gasteiger partial charge in [-0.25, -0.2) is 9.97 Å². The highest BCUT2D eigenvalue weighted by molar-refractivity contribution is 5.93. The molecule has 4 rings (SSSR count). The highest BCUT2D eigenvalue weighted by atomic mass is 14.9. The topological polar surface area (TPSA) is 25.8 Å². The van der Waals surface area contributed by atoms with Gasteiger partial charge in [-0.15, -0.1) is 0 Å². The summed E-state index contributed by atoms with van der Waals surface area (Å²) in [5.41, 5.74) is 5.34. The third-order valence-corrected chi connectivity index (χ3v) is 3.93. The van der Waals surface area contributed by atoms with Crippen molar-refractivity contribution in [1.82, 2.24) is 9.97 Å². The van der Waals surface area contributed by atoms with E-state index in [1.54, 1.807) is 0 Å². The minimum atomic E-state index is 0.765. The number of aryl methyl sites for hydroxylation is 1. The summed E-state index contributed by atoms with van der Waals surface area (Å²) in [4.78, 5) is 9.61. The molecule has 110 valence electrons. The van der Waals surface area contributed by atoms with E-state index < -0.39 is 0 Å². The smallest absolute Gasteiger partial charge is 0.160 e. The summed E-state index contributed by atoms with van der Waals surface area (Å²) in [6.07, 6.45) is 0. The molecule has 1 aromatic heterocycles. The Labute approximate surface area is 135 Å². The molecule has 0 unspecified atom stereocenters. The van der Waals surface area contributed by atoms with Crippen LogP contribution in [0.15, 0.2) is 78.9 Å². The van der Waals surface area contributed by atoms with Gasteiger partial charge in [0.2, 0.25) is 0 Å². The van der Waals surface area contributed by atoms with Crippen LogP contribution in [0, 0.1) is 6.92 Å². The fourth-order valence-corrected chi connectivity index (χ4v) is 2.81. The normalized spacial score (nSPS) is 10.8. The van der Waals surface area contributed by atoms with Crippen molar-refractivity contribution < 1.29 is 0 Å². The molecule has 3 aromatic carbocycles. The molecule has 0 N–H and O–H groups in total. The lowest BCUT2D eigenvalue weighted by atomic mass is 10.0. The molecule has 0 bridgehead atoms. The van der Waals surface area contributed by atoms with E-state index in [9.17, 15) is 0 Å². The molecular formula is C21H16N2. The first kappa shape index (κ1) is 13.6. The minimum absolute atomic E-state index is 0.765. The van der Waals surface area contributed by atoms with Crippen molar-refractivity contribution in [2.24, 2.45) is 0 Å². The second-order valence-electron chi connectivity index (χ2n) is 5.65. The van der Waals surface area contributed by atoms with E-state index in [-0.39, 0.29) is 0 Å². The Balaban J connectivity index is 2.02. The lowest BCUT2D eigenvalue weighted by Crippen LogP contribution is -1.95. The molecule has 0 aliphatic heterocycles. The summed E-state index contributed by atoms with van der Waals surface area (Å²) in [5.74, 6) is 0.765. The quantitative estimate of drug-likeness (QED) is 0.503. The molecule has 1 heterocycles. The number of nitrogens with zero attached hydrogens (tertiary/aromatic N) is 2. The predicted octanol–water partition coefficient (Wildman–Crippen LogP) is 5.27. The minimum Gasteiger partial charge on any atom is -0.228 e. The third-order valence-electron chi connectivity index (χ3n) is 3.93. The molecule has 0 spiro atoms. The van der Waals surface area contributed by atoms with Gasteiger partial charge >= 0.3 is 0 Å². The standard InChI is InChI=1S/C21H16N2/c1-15-8-7-11-17(14-15)20-18-12-5-6-13-19(18)22-21(23-20)16-9-3-2-4-10-16/h2-14H,1H3. The second kappa shape index (κ2) is 5.65. The summed E-state index contributed by atoms with van der Waals surface area (Å²) in [7, 11) is 0. The zero-order valence-corrected chi connectivity index (χ0v) is 12.9. The summed E-state index contributed by atoms with van der Waals surface area (Å²) in [6, 6.07) is 26.8. The lowest BCUT2D eigenvalue weighted by Gasteiger charge is -2.09. The van der Waals surface area contributed by atoms with Gasteiger partial charge in [0.05, 0.1) is 11.2 Å². The van der Waals surface area contributed by atoms with Gasteiger partial charge in [-0.1, -0.05) is 72.3 Å². The molecule has 0 amide bonds. The molecule has 0 aliphatic carbocycles. The second-order valence-corrected chi connectivity index (χ2v) is 5.65. The summed E-state index contributed by atoms with van der Waals surface area (Å²) < 4.78 is 0. The first-order chi connectivity index (χ1) is 11.3. The van der Waals surface area contributed by atoms with Crippen molar-refractivity contribution in [3.05, 3.63) is 84.4 Å². The van der Waals surface area contributed by atoms with Crippen molar-refractivity contribution >= 4 is 10.9 Å². The molecule has 0 saturated carbocycles. The van der Waals surface area contributed by atoms with E-state index >= 15 is 0 Å². The van der Waals surface area contributed by atoms with E-state index in [0.29, 0.717) is 0 Å². The van der Waals surface area contributed by atoms with Crippen LogP contribution in [-0.4, -0.2) is 9.97 Å². The Morgan fingerprint density at radius 2 is 1.39 bits per heavy atom. The largest absolute Gasteiger partial charge is 0.228 e. The predicted molar refractivity (Wildman–Crippen MR) is 95.1 cm³/mol. The van der Waals surface area contributed by atoms with Crippen LogP contribution in [0.2, 0.25) is 0 Å². The average Bonchev–Trinajstić information content (AvgIpc) is 2.61. The first-order valence-corrected chi connectivity index (χ1v) is 7.70. The van der Waals surface area contributed by atoms with Gasteiger partial charge in [0.15, 0.2) is 5.82 Å². The first-order valence-electron chi connectivity index (χ1n) is 7.70. The Morgan fingerprint density at radius 3 is 2.22 bits per heavy atom. The number of benzene rings is 3. The number of hydrogen-bond acceptors (Lipinski definition) is 2. The van der Waals surface area contributed by atoms with Gasteiger partial charge in [0.1, 0.15) is 0 Å². The Kier molecular flexibility index (Phi) is 3.35. The number of hydrogen-bond donors (Lipinski definition) is 0. The van der Waals surface area contributed by atoms with E-state index in [1.807, 2.05) is 48.5 Å². The van der Waals surface area contributed by atoms with Gasteiger partial charge in [-0.05, 0) is 19.1 Å². The third kappa shape index (κ3) is 2.59. The van der Waals surface area contributed by atoms with Crippen LogP contribution in [0.5, 0.6) is 0 Å². The van der Waals surface area contributed by atoms with Crippen LogP contribution < -0.4 is 0 Å². The van der Waals surface area contributed by atoms with Crippen LogP contribution in [0.4, 0.5) is 0 Å². The maximum absolute atomic E-state index is 4.87. The highest BCUT2D eigenvalue weighted by Crippen LogP contribution is 2.29. The molecule has 0 aliphatic rings. The molecule has 2 heteroatoms. The van der Waals surface area contributed by atoms with Crippen LogP contribution in [0.1, 0.15) is 5.56 Å². The highest BCUT2D eigenvalue weighted by Gasteiger charge is 2.10. The van der Waals surface area contributed by atoms with Crippen molar-refractivity contribution in [3.63, 3.8) is 0 Å². The number of rotatable bonds is 2. The fraction of sp³-hybridized carbons (Fsp3) is 0.0476. The zero-order valence-electron chi connectivity index (χ0n) is 12.9. The van der Waals surface area contributed by atoms with Gasteiger partial charge in [0.25, 0.3) is 0 Å². The maximum Gasteiger partial charge on any atom is 0.160 e. The molecule has 2 nitrogen and oxygen atoms in total. The van der Waals surface area contributed by atoms with Gasteiger partial charge in [-0.2, -0.15) is 0 Å². The monoisotopic (exact) mass is 296 g/mol. The van der Waals surface area contributed by atoms with Crippen molar-refractivity contribution in [2.45, 2.75) is 6.92 Å². The Hall–Kier alpha value is -3.00. The average molecular weight is 296 g/mol. The number of para-hydroxylation sites is 1. The van der Waals surface area contributed by atoms with E-state index in [0.717, 1.165) is 33.5 Å². The zero-order chi connectivity index (χ0) is 15.6. The molecule has 0 saturated heterocycles. The Morgan fingerprint density at radius 1 is 0.652 bits per heavy atom. The molecule has 4 aromatic rings. The lowest BCUT2D eigenvalue weighted by molar-refractivity contribution is 1.23. The molecule has 0 radical (unpaired) electrons.